The molecule has 2 unspecified atom stereocenters. The van der Waals surface area contributed by atoms with Crippen LogP contribution in [0.2, 0.25) is 0 Å². The van der Waals surface area contributed by atoms with Gasteiger partial charge in [-0.1, -0.05) is 48.5 Å². The summed E-state index contributed by atoms with van der Waals surface area (Å²) in [5.41, 5.74) is -0.736. The van der Waals surface area contributed by atoms with Gasteiger partial charge in [-0.2, -0.15) is 0 Å². The van der Waals surface area contributed by atoms with Gasteiger partial charge in [-0.05, 0) is 109 Å². The molecular formula is C36H62O9. The van der Waals surface area contributed by atoms with Crippen LogP contribution >= 0.6 is 0 Å². The lowest BCUT2D eigenvalue weighted by Crippen LogP contribution is -2.63. The SMILES string of the molecule is CC(C)C(O)CC[C@@H](C)[C@H]1[C@@H](O)C[C@@]2(C)[C@@H]3CC[C@H]4C(C)(C)[C@@H](O[C@@H]5O[C@H](CO)[C@@H](O)[C@H](O)[C@H]5O)CC[C@@]45C[C@@]35CC(O)[C@]12C. The predicted octanol–water partition coefficient (Wildman–Crippen LogP) is 2.99. The van der Waals surface area contributed by atoms with Crippen LogP contribution in [-0.2, 0) is 9.47 Å². The van der Waals surface area contributed by atoms with E-state index in [0.717, 1.165) is 44.9 Å². The fourth-order valence-corrected chi connectivity index (χ4v) is 13.0. The molecule has 0 aromatic rings. The molecule has 17 atom stereocenters. The topological polar surface area (TPSA) is 160 Å². The zero-order chi connectivity index (χ0) is 33.1. The Morgan fingerprint density at radius 3 is 2.13 bits per heavy atom. The number of ether oxygens (including phenoxy) is 2. The minimum Gasteiger partial charge on any atom is -0.394 e. The van der Waals surface area contributed by atoms with Gasteiger partial charge in [-0.3, -0.25) is 0 Å². The Balaban J connectivity index is 1.22. The molecule has 9 nitrogen and oxygen atoms in total. The van der Waals surface area contributed by atoms with Crippen LogP contribution in [0.25, 0.3) is 0 Å². The molecule has 6 fully saturated rings. The summed E-state index contributed by atoms with van der Waals surface area (Å²) >= 11 is 0. The van der Waals surface area contributed by atoms with Crippen molar-refractivity contribution in [2.75, 3.05) is 6.61 Å². The highest BCUT2D eigenvalue weighted by molar-refractivity contribution is 5.32. The highest BCUT2D eigenvalue weighted by Crippen LogP contribution is 2.89. The minimum absolute atomic E-state index is 0.0132. The van der Waals surface area contributed by atoms with Crippen LogP contribution in [0.4, 0.5) is 0 Å². The quantitative estimate of drug-likeness (QED) is 0.198. The van der Waals surface area contributed by atoms with E-state index in [1.165, 1.54) is 0 Å². The molecule has 1 aliphatic heterocycles. The Morgan fingerprint density at radius 2 is 1.49 bits per heavy atom. The second-order valence-electron chi connectivity index (χ2n) is 17.9. The first-order valence-corrected chi connectivity index (χ1v) is 17.9. The number of hydrogen-bond donors (Lipinski definition) is 7. The molecule has 6 rings (SSSR count). The van der Waals surface area contributed by atoms with Gasteiger partial charge in [0.1, 0.15) is 24.4 Å². The summed E-state index contributed by atoms with van der Waals surface area (Å²) < 4.78 is 12.2. The summed E-state index contributed by atoms with van der Waals surface area (Å²) in [5, 5.41) is 75.5. The van der Waals surface area contributed by atoms with E-state index in [-0.39, 0.29) is 51.6 Å². The van der Waals surface area contributed by atoms with Crippen molar-refractivity contribution in [3.05, 3.63) is 0 Å². The Hall–Kier alpha value is -0.360. The molecular weight excluding hydrogens is 576 g/mol. The second kappa shape index (κ2) is 11.3. The van der Waals surface area contributed by atoms with Gasteiger partial charge in [0.15, 0.2) is 6.29 Å². The molecule has 1 saturated heterocycles. The third kappa shape index (κ3) is 4.64. The van der Waals surface area contributed by atoms with Crippen LogP contribution in [0.1, 0.15) is 106 Å². The Morgan fingerprint density at radius 1 is 0.822 bits per heavy atom. The van der Waals surface area contributed by atoms with E-state index in [1.807, 2.05) is 13.8 Å². The molecule has 2 spiro atoms. The summed E-state index contributed by atoms with van der Waals surface area (Å²) in [7, 11) is 0. The average Bonchev–Trinajstić information content (AvgIpc) is 3.56. The minimum atomic E-state index is -1.46. The van der Waals surface area contributed by atoms with Crippen LogP contribution < -0.4 is 0 Å². The van der Waals surface area contributed by atoms with Crippen molar-refractivity contribution < 1.29 is 45.2 Å². The van der Waals surface area contributed by atoms with Crippen molar-refractivity contribution in [2.24, 2.45) is 56.7 Å². The molecule has 0 bridgehead atoms. The lowest BCUT2D eigenvalue weighted by atomic mass is 9.41. The zero-order valence-corrected chi connectivity index (χ0v) is 28.6. The summed E-state index contributed by atoms with van der Waals surface area (Å²) in [5.74, 6) is 1.16. The van der Waals surface area contributed by atoms with Crippen molar-refractivity contribution in [3.8, 4) is 0 Å². The van der Waals surface area contributed by atoms with Gasteiger partial charge >= 0.3 is 0 Å². The lowest BCUT2D eigenvalue weighted by Gasteiger charge is -2.64. The monoisotopic (exact) mass is 638 g/mol. The molecule has 0 aromatic heterocycles. The molecule has 6 aliphatic rings. The number of rotatable bonds is 8. The number of hydrogen-bond acceptors (Lipinski definition) is 9. The molecule has 7 N–H and O–H groups in total. The van der Waals surface area contributed by atoms with E-state index in [9.17, 15) is 35.7 Å². The Bertz CT molecular complexity index is 1100. The van der Waals surface area contributed by atoms with Crippen LogP contribution in [0.5, 0.6) is 0 Å². The first-order valence-electron chi connectivity index (χ1n) is 17.9. The fourth-order valence-electron chi connectivity index (χ4n) is 13.0. The van der Waals surface area contributed by atoms with Crippen LogP contribution in [-0.4, -0.2) is 97.5 Å². The number of aliphatic hydroxyl groups excluding tert-OH is 7. The maximum Gasteiger partial charge on any atom is 0.186 e. The third-order valence-corrected chi connectivity index (χ3v) is 15.6. The van der Waals surface area contributed by atoms with Crippen LogP contribution in [0, 0.1) is 56.7 Å². The normalized spacial score (nSPS) is 54.9. The molecule has 45 heavy (non-hydrogen) atoms. The molecule has 5 saturated carbocycles. The molecule has 5 aliphatic carbocycles. The molecule has 260 valence electrons. The predicted molar refractivity (Wildman–Crippen MR) is 168 cm³/mol. The molecule has 9 heteroatoms. The van der Waals surface area contributed by atoms with Gasteiger partial charge in [0.25, 0.3) is 0 Å². The lowest BCUT2D eigenvalue weighted by molar-refractivity contribution is -0.326. The van der Waals surface area contributed by atoms with Crippen molar-refractivity contribution in [1.82, 2.24) is 0 Å². The van der Waals surface area contributed by atoms with Crippen molar-refractivity contribution in [3.63, 3.8) is 0 Å². The van der Waals surface area contributed by atoms with Gasteiger partial charge in [-0.25, -0.2) is 0 Å². The second-order valence-corrected chi connectivity index (χ2v) is 17.9. The van der Waals surface area contributed by atoms with E-state index in [2.05, 4.69) is 34.6 Å². The summed E-state index contributed by atoms with van der Waals surface area (Å²) in [4.78, 5) is 0. The average molecular weight is 639 g/mol. The first-order chi connectivity index (χ1) is 20.9. The summed E-state index contributed by atoms with van der Waals surface area (Å²) in [6, 6.07) is 0. The van der Waals surface area contributed by atoms with Gasteiger partial charge in [0, 0.05) is 5.41 Å². The Labute approximate surface area is 269 Å². The number of fused-ring (bicyclic) bond motifs is 2. The van der Waals surface area contributed by atoms with Crippen molar-refractivity contribution in [1.29, 1.82) is 0 Å². The van der Waals surface area contributed by atoms with E-state index in [4.69, 9.17) is 9.47 Å². The van der Waals surface area contributed by atoms with Gasteiger partial charge in [-0.15, -0.1) is 0 Å². The maximum atomic E-state index is 12.3. The summed E-state index contributed by atoms with van der Waals surface area (Å²) in [6.07, 6.45) is -0.0994. The molecule has 0 amide bonds. The van der Waals surface area contributed by atoms with Gasteiger partial charge in [0.05, 0.1) is 31.0 Å². The van der Waals surface area contributed by atoms with E-state index < -0.39 is 54.9 Å². The van der Waals surface area contributed by atoms with E-state index >= 15 is 0 Å². The molecule has 0 radical (unpaired) electrons. The van der Waals surface area contributed by atoms with Gasteiger partial charge < -0.3 is 45.2 Å². The Kier molecular flexibility index (Phi) is 8.70. The molecule has 0 aromatic carbocycles. The van der Waals surface area contributed by atoms with E-state index in [0.29, 0.717) is 24.7 Å². The van der Waals surface area contributed by atoms with Crippen molar-refractivity contribution in [2.45, 2.75) is 161 Å². The van der Waals surface area contributed by atoms with E-state index in [1.54, 1.807) is 0 Å². The van der Waals surface area contributed by atoms with Crippen LogP contribution in [0.3, 0.4) is 0 Å². The smallest absolute Gasteiger partial charge is 0.186 e. The highest BCUT2D eigenvalue weighted by atomic mass is 16.7. The summed E-state index contributed by atoms with van der Waals surface area (Å²) in [6.45, 7) is 14.9. The largest absolute Gasteiger partial charge is 0.394 e. The number of aliphatic hydroxyl groups is 7. The van der Waals surface area contributed by atoms with Crippen molar-refractivity contribution >= 4 is 0 Å². The maximum absolute atomic E-state index is 12.3. The fraction of sp³-hybridized carbons (Fsp3) is 1.00. The first kappa shape index (κ1) is 34.5. The third-order valence-electron chi connectivity index (χ3n) is 15.6. The van der Waals surface area contributed by atoms with Gasteiger partial charge in [0.2, 0.25) is 0 Å². The van der Waals surface area contributed by atoms with Crippen LogP contribution in [0.15, 0.2) is 0 Å². The highest BCUT2D eigenvalue weighted by Gasteiger charge is 2.84. The molecule has 1 heterocycles. The zero-order valence-electron chi connectivity index (χ0n) is 28.6. The standard InChI is InChI=1S/C36H62O9/c1-18(2)20(38)9-8-19(3)27-21(39)14-33(6)24-11-10-23-32(4,5)26(45-31-30(43)29(42)28(41)22(16-37)44-31)12-13-35(23)17-36(24,35)15-25(40)34(27,33)7/h18-31,37-43H,8-17H2,1-7H3/t19-,20?,21+,22-,23+,24+,25?,26+,27+,28-,29+,30-,31+,33+,34-,35-,36+/m1/s1.